The van der Waals surface area contributed by atoms with Crippen molar-refractivity contribution < 1.29 is 14.3 Å². The molecule has 0 aromatic carbocycles. The van der Waals surface area contributed by atoms with Crippen LogP contribution in [-0.4, -0.2) is 11.1 Å². The summed E-state index contributed by atoms with van der Waals surface area (Å²) in [5.41, 5.74) is 0. The van der Waals surface area contributed by atoms with Gasteiger partial charge in [0, 0.05) is 11.0 Å². The van der Waals surface area contributed by atoms with E-state index in [0.717, 1.165) is 21.6 Å². The molecule has 0 saturated heterocycles. The second-order valence-corrected chi connectivity index (χ2v) is 3.97. The molecule has 0 saturated carbocycles. The molecule has 0 aliphatic carbocycles. The fraction of sp³-hybridized carbons (Fsp3) is 0. The van der Waals surface area contributed by atoms with Gasteiger partial charge in [0.1, 0.15) is 5.76 Å². The molecule has 0 aliphatic heterocycles. The highest BCUT2D eigenvalue weighted by Gasteiger charge is 2.03. The lowest BCUT2D eigenvalue weighted by Crippen LogP contribution is -1.84. The first kappa shape index (κ1) is 9.73. The van der Waals surface area contributed by atoms with E-state index in [0.29, 0.717) is 0 Å². The molecule has 2 rings (SSSR count). The van der Waals surface area contributed by atoms with Gasteiger partial charge in [-0.3, -0.25) is 0 Å². The molecule has 0 atom stereocenters. The number of hydrogen-bond donors (Lipinski definition) is 1. The van der Waals surface area contributed by atoms with E-state index in [1.165, 1.54) is 11.3 Å². The van der Waals surface area contributed by atoms with E-state index < -0.39 is 5.97 Å². The molecule has 2 aromatic heterocycles. The Labute approximate surface area is 90.3 Å². The second kappa shape index (κ2) is 4.14. The third-order valence-corrected chi connectivity index (χ3v) is 2.85. The van der Waals surface area contributed by atoms with Crippen molar-refractivity contribution in [1.82, 2.24) is 0 Å². The lowest BCUT2D eigenvalue weighted by molar-refractivity contribution is -0.131. The number of aliphatic carboxylic acids is 1. The van der Waals surface area contributed by atoms with Gasteiger partial charge in [-0.25, -0.2) is 4.79 Å². The van der Waals surface area contributed by atoms with E-state index in [1.807, 2.05) is 24.3 Å². The highest BCUT2D eigenvalue weighted by Crippen LogP contribution is 2.28. The number of carboxylic acid groups (broad SMARTS) is 1. The summed E-state index contributed by atoms with van der Waals surface area (Å²) < 4.78 is 5.23. The van der Waals surface area contributed by atoms with Crippen molar-refractivity contribution in [3.05, 3.63) is 41.5 Å². The Hall–Kier alpha value is -1.81. The molecule has 0 amide bonds. The van der Waals surface area contributed by atoms with Crippen molar-refractivity contribution >= 4 is 23.4 Å². The van der Waals surface area contributed by atoms with Crippen LogP contribution >= 0.6 is 11.3 Å². The molecular formula is C11H8O3S. The lowest BCUT2D eigenvalue weighted by atomic mass is 10.3. The molecular weight excluding hydrogens is 212 g/mol. The van der Waals surface area contributed by atoms with Gasteiger partial charge in [0.25, 0.3) is 0 Å². The molecule has 0 spiro atoms. The van der Waals surface area contributed by atoms with Crippen molar-refractivity contribution in [1.29, 1.82) is 0 Å². The van der Waals surface area contributed by atoms with E-state index in [-0.39, 0.29) is 0 Å². The zero-order valence-electron chi connectivity index (χ0n) is 7.71. The van der Waals surface area contributed by atoms with Crippen LogP contribution in [0.25, 0.3) is 16.7 Å². The Morgan fingerprint density at radius 1 is 1.40 bits per heavy atom. The van der Waals surface area contributed by atoms with E-state index in [1.54, 1.807) is 12.3 Å². The third kappa shape index (κ3) is 2.35. The van der Waals surface area contributed by atoms with Crippen molar-refractivity contribution in [3.8, 4) is 10.6 Å². The summed E-state index contributed by atoms with van der Waals surface area (Å²) in [5, 5.41) is 8.46. The largest absolute Gasteiger partial charge is 0.478 e. The number of thiophene rings is 1. The van der Waals surface area contributed by atoms with Gasteiger partial charge in [-0.15, -0.1) is 11.3 Å². The van der Waals surface area contributed by atoms with Crippen molar-refractivity contribution in [2.45, 2.75) is 0 Å². The smallest absolute Gasteiger partial charge is 0.328 e. The first-order valence-corrected chi connectivity index (χ1v) is 5.12. The topological polar surface area (TPSA) is 50.4 Å². The van der Waals surface area contributed by atoms with Crippen LogP contribution in [0.3, 0.4) is 0 Å². The average molecular weight is 220 g/mol. The summed E-state index contributed by atoms with van der Waals surface area (Å²) >= 11 is 1.49. The van der Waals surface area contributed by atoms with Gasteiger partial charge in [-0.1, -0.05) is 0 Å². The minimum absolute atomic E-state index is 0.801. The Bertz CT molecular complexity index is 480. The molecule has 0 bridgehead atoms. The molecule has 1 N–H and O–H groups in total. The predicted octanol–water partition coefficient (Wildman–Crippen LogP) is 3.11. The van der Waals surface area contributed by atoms with E-state index in [9.17, 15) is 4.79 Å². The molecule has 15 heavy (non-hydrogen) atoms. The zero-order valence-corrected chi connectivity index (χ0v) is 8.53. The summed E-state index contributed by atoms with van der Waals surface area (Å²) in [6.07, 6.45) is 4.30. The highest BCUT2D eigenvalue weighted by molar-refractivity contribution is 7.16. The number of carboxylic acids is 1. The normalized spacial score (nSPS) is 10.9. The quantitative estimate of drug-likeness (QED) is 0.808. The lowest BCUT2D eigenvalue weighted by Gasteiger charge is -1.86. The van der Waals surface area contributed by atoms with Crippen LogP contribution in [0.4, 0.5) is 0 Å². The van der Waals surface area contributed by atoms with Crippen LogP contribution in [0.2, 0.25) is 0 Å². The molecule has 2 heterocycles. The van der Waals surface area contributed by atoms with Crippen LogP contribution in [0.5, 0.6) is 0 Å². The van der Waals surface area contributed by atoms with Crippen molar-refractivity contribution in [2.24, 2.45) is 0 Å². The van der Waals surface area contributed by atoms with Gasteiger partial charge < -0.3 is 9.52 Å². The minimum atomic E-state index is -0.942. The molecule has 0 aliphatic rings. The molecule has 0 fully saturated rings. The Morgan fingerprint density at radius 3 is 2.93 bits per heavy atom. The van der Waals surface area contributed by atoms with Gasteiger partial charge in [-0.05, 0) is 30.3 Å². The van der Waals surface area contributed by atoms with Gasteiger partial charge in [0.15, 0.2) is 0 Å². The molecule has 0 radical (unpaired) electrons. The van der Waals surface area contributed by atoms with Gasteiger partial charge >= 0.3 is 5.97 Å². The summed E-state index contributed by atoms with van der Waals surface area (Å²) in [5.74, 6) is -0.141. The van der Waals surface area contributed by atoms with Gasteiger partial charge in [-0.2, -0.15) is 0 Å². The predicted molar refractivity (Wildman–Crippen MR) is 58.7 cm³/mol. The molecule has 4 heteroatoms. The van der Waals surface area contributed by atoms with Crippen LogP contribution in [-0.2, 0) is 4.79 Å². The standard InChI is InChI=1S/C11H8O3S/c12-11(13)6-4-8-3-5-10(15-8)9-2-1-7-14-9/h1-7H,(H,12,13)/b6-4+. The first-order valence-electron chi connectivity index (χ1n) is 4.30. The molecule has 0 unspecified atom stereocenters. The van der Waals surface area contributed by atoms with E-state index >= 15 is 0 Å². The Balaban J connectivity index is 2.21. The monoisotopic (exact) mass is 220 g/mol. The summed E-state index contributed by atoms with van der Waals surface area (Å²) in [6.45, 7) is 0. The maximum Gasteiger partial charge on any atom is 0.328 e. The SMILES string of the molecule is O=C(O)/C=C/c1ccc(-c2ccco2)s1. The zero-order chi connectivity index (χ0) is 10.7. The van der Waals surface area contributed by atoms with E-state index in [4.69, 9.17) is 9.52 Å². The van der Waals surface area contributed by atoms with Crippen LogP contribution in [0, 0.1) is 0 Å². The summed E-state index contributed by atoms with van der Waals surface area (Å²) in [6, 6.07) is 7.46. The van der Waals surface area contributed by atoms with Crippen LogP contribution in [0.15, 0.2) is 41.0 Å². The molecule has 76 valence electrons. The summed E-state index contributed by atoms with van der Waals surface area (Å²) in [4.78, 5) is 12.2. The minimum Gasteiger partial charge on any atom is -0.478 e. The number of carbonyl (C=O) groups is 1. The third-order valence-electron chi connectivity index (χ3n) is 1.78. The summed E-state index contributed by atoms with van der Waals surface area (Å²) in [7, 11) is 0. The van der Waals surface area contributed by atoms with Crippen molar-refractivity contribution in [3.63, 3.8) is 0 Å². The molecule has 3 nitrogen and oxygen atoms in total. The highest BCUT2D eigenvalue weighted by atomic mass is 32.1. The second-order valence-electron chi connectivity index (χ2n) is 2.85. The average Bonchev–Trinajstić information content (AvgIpc) is 2.85. The Morgan fingerprint density at radius 2 is 2.27 bits per heavy atom. The maximum absolute atomic E-state index is 10.3. The van der Waals surface area contributed by atoms with Crippen LogP contribution < -0.4 is 0 Å². The van der Waals surface area contributed by atoms with Crippen molar-refractivity contribution in [2.75, 3.05) is 0 Å². The fourth-order valence-corrected chi connectivity index (χ4v) is 2.03. The van der Waals surface area contributed by atoms with E-state index in [2.05, 4.69) is 0 Å². The number of furan rings is 1. The maximum atomic E-state index is 10.3. The van der Waals surface area contributed by atoms with Gasteiger partial charge in [0.2, 0.25) is 0 Å². The fourth-order valence-electron chi connectivity index (χ4n) is 1.15. The first-order chi connectivity index (χ1) is 7.25. The number of hydrogen-bond acceptors (Lipinski definition) is 3. The van der Waals surface area contributed by atoms with Gasteiger partial charge in [0.05, 0.1) is 11.1 Å². The Kier molecular flexibility index (Phi) is 2.69. The molecule has 2 aromatic rings. The van der Waals surface area contributed by atoms with Crippen LogP contribution in [0.1, 0.15) is 4.88 Å². The number of rotatable bonds is 3.